The van der Waals surface area contributed by atoms with Crippen LogP contribution in [0, 0.1) is 6.92 Å². The van der Waals surface area contributed by atoms with Crippen molar-refractivity contribution in [3.63, 3.8) is 0 Å². The molecule has 0 atom stereocenters. The lowest BCUT2D eigenvalue weighted by Gasteiger charge is -2.14. The Kier molecular flexibility index (Phi) is 4.34. The van der Waals surface area contributed by atoms with E-state index in [1.54, 1.807) is 6.20 Å². The van der Waals surface area contributed by atoms with Gasteiger partial charge in [0.15, 0.2) is 5.82 Å². The summed E-state index contributed by atoms with van der Waals surface area (Å²) in [7, 11) is 0. The molecule has 20 heavy (non-hydrogen) atoms. The molecule has 0 unspecified atom stereocenters. The minimum Gasteiger partial charge on any atom is -0.473 e. The van der Waals surface area contributed by atoms with Crippen LogP contribution >= 0.6 is 0 Å². The second-order valence-corrected chi connectivity index (χ2v) is 4.73. The van der Waals surface area contributed by atoms with Gasteiger partial charge in [0.2, 0.25) is 5.88 Å². The van der Waals surface area contributed by atoms with E-state index in [4.69, 9.17) is 10.5 Å². The molecule has 3 N–H and O–H groups in total. The van der Waals surface area contributed by atoms with Gasteiger partial charge >= 0.3 is 0 Å². The van der Waals surface area contributed by atoms with Crippen molar-refractivity contribution in [3.8, 4) is 5.88 Å². The van der Waals surface area contributed by atoms with Crippen LogP contribution in [0.2, 0.25) is 0 Å². The molecule has 0 radical (unpaired) electrons. The van der Waals surface area contributed by atoms with E-state index < -0.39 is 0 Å². The Morgan fingerprint density at radius 1 is 1.30 bits per heavy atom. The van der Waals surface area contributed by atoms with Crippen molar-refractivity contribution in [2.24, 2.45) is 0 Å². The second-order valence-electron chi connectivity index (χ2n) is 4.73. The van der Waals surface area contributed by atoms with Crippen LogP contribution in [0.5, 0.6) is 5.88 Å². The van der Waals surface area contributed by atoms with Gasteiger partial charge < -0.3 is 15.8 Å². The Morgan fingerprint density at radius 2 is 2.10 bits per heavy atom. The van der Waals surface area contributed by atoms with Gasteiger partial charge in [0.25, 0.3) is 0 Å². The van der Waals surface area contributed by atoms with Gasteiger partial charge in [-0.25, -0.2) is 4.98 Å². The maximum absolute atomic E-state index is 6.00. The molecule has 6 heteroatoms. The fourth-order valence-electron chi connectivity index (χ4n) is 1.71. The largest absolute Gasteiger partial charge is 0.473 e. The summed E-state index contributed by atoms with van der Waals surface area (Å²) in [4.78, 5) is 12.5. The lowest BCUT2D eigenvalue weighted by Crippen LogP contribution is -2.12. The Balaban J connectivity index is 2.12. The second kappa shape index (κ2) is 6.18. The zero-order valence-electron chi connectivity index (χ0n) is 11.9. The number of hydrogen-bond donors (Lipinski definition) is 2. The third-order valence-corrected chi connectivity index (χ3v) is 2.74. The van der Waals surface area contributed by atoms with E-state index in [9.17, 15) is 0 Å². The molecule has 106 valence electrons. The molecule has 2 aromatic rings. The highest BCUT2D eigenvalue weighted by molar-refractivity contribution is 5.66. The van der Waals surface area contributed by atoms with Crippen molar-refractivity contribution in [2.45, 2.75) is 33.4 Å². The molecule has 0 fully saturated rings. The average molecular weight is 273 g/mol. The van der Waals surface area contributed by atoms with E-state index in [-0.39, 0.29) is 6.10 Å². The van der Waals surface area contributed by atoms with Crippen LogP contribution in [0.1, 0.15) is 25.1 Å². The van der Waals surface area contributed by atoms with E-state index in [1.807, 2.05) is 32.9 Å². The van der Waals surface area contributed by atoms with Crippen molar-refractivity contribution in [3.05, 3.63) is 35.9 Å². The highest BCUT2D eigenvalue weighted by Crippen LogP contribution is 2.25. The third-order valence-electron chi connectivity index (χ3n) is 2.74. The van der Waals surface area contributed by atoms with Gasteiger partial charge in [-0.2, -0.15) is 4.98 Å². The van der Waals surface area contributed by atoms with E-state index >= 15 is 0 Å². The van der Waals surface area contributed by atoms with Gasteiger partial charge in [0, 0.05) is 6.20 Å². The number of nitrogens with two attached hydrogens (primary N) is 1. The Bertz CT molecular complexity index is 586. The first-order valence-electron chi connectivity index (χ1n) is 6.49. The number of ether oxygens (including phenoxy) is 1. The smallest absolute Gasteiger partial charge is 0.242 e. The van der Waals surface area contributed by atoms with Gasteiger partial charge in [0.1, 0.15) is 12.0 Å². The van der Waals surface area contributed by atoms with Crippen molar-refractivity contribution in [1.82, 2.24) is 15.0 Å². The number of hydrogen-bond acceptors (Lipinski definition) is 6. The van der Waals surface area contributed by atoms with Crippen molar-refractivity contribution < 1.29 is 4.74 Å². The van der Waals surface area contributed by atoms with Crippen molar-refractivity contribution in [2.75, 3.05) is 11.1 Å². The molecule has 2 rings (SSSR count). The molecule has 6 nitrogen and oxygen atoms in total. The Labute approximate surface area is 118 Å². The first-order valence-corrected chi connectivity index (χ1v) is 6.49. The zero-order chi connectivity index (χ0) is 14.5. The van der Waals surface area contributed by atoms with Gasteiger partial charge in [-0.05, 0) is 32.4 Å². The molecule has 2 aromatic heterocycles. The third kappa shape index (κ3) is 3.34. The Hall–Kier alpha value is -2.37. The van der Waals surface area contributed by atoms with Crippen LogP contribution < -0.4 is 15.8 Å². The van der Waals surface area contributed by atoms with Gasteiger partial charge in [-0.15, -0.1) is 0 Å². The summed E-state index contributed by atoms with van der Waals surface area (Å²) >= 11 is 0. The fraction of sp³-hybridized carbons (Fsp3) is 0.357. The van der Waals surface area contributed by atoms with Crippen LogP contribution in [0.25, 0.3) is 0 Å². The van der Waals surface area contributed by atoms with Crippen LogP contribution in [0.15, 0.2) is 24.7 Å². The molecule has 0 saturated heterocycles. The molecular formula is C14H19N5O. The summed E-state index contributed by atoms with van der Waals surface area (Å²) < 4.78 is 5.53. The van der Waals surface area contributed by atoms with Crippen molar-refractivity contribution in [1.29, 1.82) is 0 Å². The minimum atomic E-state index is 0.0121. The molecule has 0 saturated carbocycles. The number of nitrogens with one attached hydrogen (secondary N) is 1. The summed E-state index contributed by atoms with van der Waals surface area (Å²) in [5.74, 6) is 0.955. The summed E-state index contributed by atoms with van der Waals surface area (Å²) in [6.45, 7) is 6.41. The molecule has 0 aliphatic heterocycles. The molecular weight excluding hydrogens is 254 g/mol. The maximum atomic E-state index is 6.00. The standard InChI is InChI=1S/C14H19N5O/c1-9(2)20-14-12(15)13(18-8-19-14)17-7-11-10(3)5-4-6-16-11/h4-6,8-9H,7,15H2,1-3H3,(H,17,18,19). The lowest BCUT2D eigenvalue weighted by atomic mass is 10.2. The van der Waals surface area contributed by atoms with Crippen LogP contribution in [0.3, 0.4) is 0 Å². The number of anilines is 2. The summed E-state index contributed by atoms with van der Waals surface area (Å²) in [5, 5.41) is 3.17. The molecule has 0 aliphatic carbocycles. The zero-order valence-corrected chi connectivity index (χ0v) is 11.9. The van der Waals surface area contributed by atoms with Crippen LogP contribution in [0.4, 0.5) is 11.5 Å². The predicted molar refractivity (Wildman–Crippen MR) is 78.5 cm³/mol. The number of aromatic nitrogens is 3. The topological polar surface area (TPSA) is 86.0 Å². The normalized spacial score (nSPS) is 10.6. The molecule has 2 heterocycles. The average Bonchev–Trinajstić information content (AvgIpc) is 2.41. The van der Waals surface area contributed by atoms with E-state index in [0.29, 0.717) is 23.9 Å². The summed E-state index contributed by atoms with van der Waals surface area (Å²) in [6, 6.07) is 3.92. The maximum Gasteiger partial charge on any atom is 0.242 e. The first kappa shape index (κ1) is 14.0. The van der Waals surface area contributed by atoms with E-state index in [2.05, 4.69) is 20.3 Å². The minimum absolute atomic E-state index is 0.0121. The van der Waals surface area contributed by atoms with E-state index in [0.717, 1.165) is 11.3 Å². The summed E-state index contributed by atoms with van der Waals surface area (Å²) in [5.41, 5.74) is 8.49. The fourth-order valence-corrected chi connectivity index (χ4v) is 1.71. The summed E-state index contributed by atoms with van der Waals surface area (Å²) in [6.07, 6.45) is 3.21. The van der Waals surface area contributed by atoms with E-state index in [1.165, 1.54) is 6.33 Å². The highest BCUT2D eigenvalue weighted by Gasteiger charge is 2.10. The molecule has 0 bridgehead atoms. The van der Waals surface area contributed by atoms with Gasteiger partial charge in [-0.1, -0.05) is 6.07 Å². The number of nitrogen functional groups attached to an aromatic ring is 1. The Morgan fingerprint density at radius 3 is 2.80 bits per heavy atom. The van der Waals surface area contributed by atoms with Gasteiger partial charge in [0.05, 0.1) is 18.3 Å². The monoisotopic (exact) mass is 273 g/mol. The van der Waals surface area contributed by atoms with Crippen LogP contribution in [-0.4, -0.2) is 21.1 Å². The number of nitrogens with zero attached hydrogens (tertiary/aromatic N) is 3. The SMILES string of the molecule is Cc1cccnc1CNc1ncnc(OC(C)C)c1N. The van der Waals surface area contributed by atoms with Crippen LogP contribution in [-0.2, 0) is 6.54 Å². The molecule has 0 spiro atoms. The highest BCUT2D eigenvalue weighted by atomic mass is 16.5. The molecule has 0 aliphatic rings. The van der Waals surface area contributed by atoms with Gasteiger partial charge in [-0.3, -0.25) is 4.98 Å². The molecule has 0 amide bonds. The first-order chi connectivity index (χ1) is 9.58. The number of rotatable bonds is 5. The quantitative estimate of drug-likeness (QED) is 0.868. The molecule has 0 aromatic carbocycles. The van der Waals surface area contributed by atoms with Crippen molar-refractivity contribution >= 4 is 11.5 Å². The number of aryl methyl sites for hydroxylation is 1. The predicted octanol–water partition coefficient (Wildman–Crippen LogP) is 2.16. The number of pyridine rings is 1. The lowest BCUT2D eigenvalue weighted by molar-refractivity contribution is 0.234.